The fourth-order valence-electron chi connectivity index (χ4n) is 2.18. The predicted molar refractivity (Wildman–Crippen MR) is 67.8 cm³/mol. The van der Waals surface area contributed by atoms with Crippen molar-refractivity contribution in [3.05, 3.63) is 15.6 Å². The van der Waals surface area contributed by atoms with E-state index in [1.165, 1.54) is 0 Å². The Bertz CT molecular complexity index is 493. The van der Waals surface area contributed by atoms with Crippen LogP contribution < -0.4 is 0 Å². The number of carboxylic acids is 1. The highest BCUT2D eigenvalue weighted by molar-refractivity contribution is 7.13. The summed E-state index contributed by atoms with van der Waals surface area (Å²) in [6, 6.07) is 0. The van der Waals surface area contributed by atoms with Crippen LogP contribution in [-0.2, 0) is 12.7 Å². The molecule has 8 heteroatoms. The number of alkyl halides is 3. The SMILES string of the molecule is CC1CCN(Cc2nc(C(F)(F)F)c(C(=O)O)s2)CC1. The van der Waals surface area contributed by atoms with E-state index in [2.05, 4.69) is 11.9 Å². The Balaban J connectivity index is 2.15. The standard InChI is InChI=1S/C12H15F3N2O2S/c1-7-2-4-17(5-3-7)6-8-16-10(12(13,14)15)9(20-8)11(18)19/h7H,2-6H2,1H3,(H,18,19). The molecule has 2 rings (SSSR count). The Morgan fingerprint density at radius 1 is 1.45 bits per heavy atom. The second kappa shape index (κ2) is 5.69. The minimum absolute atomic E-state index is 0.212. The average molecular weight is 308 g/mol. The van der Waals surface area contributed by atoms with E-state index in [1.54, 1.807) is 0 Å². The van der Waals surface area contributed by atoms with Crippen LogP contribution >= 0.6 is 11.3 Å². The van der Waals surface area contributed by atoms with Crippen LogP contribution in [0.3, 0.4) is 0 Å². The predicted octanol–water partition coefficient (Wildman–Crippen LogP) is 3.09. The van der Waals surface area contributed by atoms with Crippen LogP contribution in [0.5, 0.6) is 0 Å². The van der Waals surface area contributed by atoms with Gasteiger partial charge in [0.25, 0.3) is 0 Å². The summed E-state index contributed by atoms with van der Waals surface area (Å²) in [5.74, 6) is -0.948. The molecule has 1 aliphatic heterocycles. The Morgan fingerprint density at radius 2 is 2.05 bits per heavy atom. The third-order valence-corrected chi connectivity index (χ3v) is 4.40. The molecule has 112 valence electrons. The van der Waals surface area contributed by atoms with E-state index in [-0.39, 0.29) is 11.6 Å². The minimum atomic E-state index is -4.72. The zero-order valence-corrected chi connectivity index (χ0v) is 11.7. The lowest BCUT2D eigenvalue weighted by atomic mass is 9.99. The van der Waals surface area contributed by atoms with Gasteiger partial charge in [0.1, 0.15) is 9.88 Å². The van der Waals surface area contributed by atoms with Gasteiger partial charge in [-0.3, -0.25) is 4.90 Å². The summed E-state index contributed by atoms with van der Waals surface area (Å²) >= 11 is 0.617. The maximum Gasteiger partial charge on any atom is 0.435 e. The lowest BCUT2D eigenvalue weighted by Crippen LogP contribution is -2.32. The van der Waals surface area contributed by atoms with Gasteiger partial charge in [0.15, 0.2) is 5.69 Å². The van der Waals surface area contributed by atoms with E-state index >= 15 is 0 Å². The van der Waals surface area contributed by atoms with Crippen molar-refractivity contribution in [2.75, 3.05) is 13.1 Å². The van der Waals surface area contributed by atoms with Gasteiger partial charge in [-0.05, 0) is 31.8 Å². The van der Waals surface area contributed by atoms with Crippen molar-refractivity contribution < 1.29 is 23.1 Å². The number of halogens is 3. The monoisotopic (exact) mass is 308 g/mol. The van der Waals surface area contributed by atoms with Crippen molar-refractivity contribution in [1.29, 1.82) is 0 Å². The van der Waals surface area contributed by atoms with Crippen LogP contribution in [0, 0.1) is 5.92 Å². The van der Waals surface area contributed by atoms with Crippen molar-refractivity contribution in [3.63, 3.8) is 0 Å². The first-order chi connectivity index (χ1) is 9.27. The second-order valence-electron chi connectivity index (χ2n) is 5.05. The molecule has 0 spiro atoms. The Kier molecular flexibility index (Phi) is 4.33. The third kappa shape index (κ3) is 3.49. The van der Waals surface area contributed by atoms with E-state index in [0.717, 1.165) is 25.9 Å². The number of carbonyl (C=O) groups is 1. The molecular formula is C12H15F3N2O2S. The number of hydrogen-bond acceptors (Lipinski definition) is 4. The molecule has 2 heterocycles. The fraction of sp³-hybridized carbons (Fsp3) is 0.667. The first kappa shape index (κ1) is 15.2. The Hall–Kier alpha value is -1.15. The van der Waals surface area contributed by atoms with Gasteiger partial charge in [0.2, 0.25) is 0 Å². The van der Waals surface area contributed by atoms with Crippen LogP contribution in [0.25, 0.3) is 0 Å². The molecular weight excluding hydrogens is 293 g/mol. The molecule has 0 aliphatic carbocycles. The smallest absolute Gasteiger partial charge is 0.435 e. The zero-order chi connectivity index (χ0) is 14.9. The van der Waals surface area contributed by atoms with Crippen molar-refractivity contribution in [3.8, 4) is 0 Å². The maximum absolute atomic E-state index is 12.7. The molecule has 1 aromatic rings. The van der Waals surface area contributed by atoms with Crippen molar-refractivity contribution in [1.82, 2.24) is 9.88 Å². The highest BCUT2D eigenvalue weighted by atomic mass is 32.1. The summed E-state index contributed by atoms with van der Waals surface area (Å²) in [5.41, 5.74) is -1.28. The summed E-state index contributed by atoms with van der Waals surface area (Å²) in [6.45, 7) is 4.05. The number of rotatable bonds is 3. The van der Waals surface area contributed by atoms with E-state index in [9.17, 15) is 18.0 Å². The number of hydrogen-bond donors (Lipinski definition) is 1. The van der Waals surface area contributed by atoms with E-state index in [1.807, 2.05) is 4.90 Å². The van der Waals surface area contributed by atoms with Crippen LogP contribution in [0.4, 0.5) is 13.2 Å². The minimum Gasteiger partial charge on any atom is -0.477 e. The second-order valence-corrected chi connectivity index (χ2v) is 6.13. The summed E-state index contributed by atoms with van der Waals surface area (Å²) in [6.07, 6.45) is -2.72. The molecule has 20 heavy (non-hydrogen) atoms. The normalized spacial score (nSPS) is 18.4. The molecule has 0 amide bonds. The summed E-state index contributed by atoms with van der Waals surface area (Å²) < 4.78 is 38.2. The number of aromatic carboxylic acids is 1. The molecule has 1 saturated heterocycles. The first-order valence-corrected chi connectivity index (χ1v) is 7.11. The molecule has 1 aliphatic rings. The third-order valence-electron chi connectivity index (χ3n) is 3.37. The van der Waals surface area contributed by atoms with Gasteiger partial charge < -0.3 is 5.11 Å². The van der Waals surface area contributed by atoms with Crippen LogP contribution in [0.1, 0.15) is 40.1 Å². The highest BCUT2D eigenvalue weighted by Gasteiger charge is 2.39. The molecule has 0 aromatic carbocycles. The first-order valence-electron chi connectivity index (χ1n) is 6.30. The zero-order valence-electron chi connectivity index (χ0n) is 10.9. The summed E-state index contributed by atoms with van der Waals surface area (Å²) in [7, 11) is 0. The van der Waals surface area contributed by atoms with Gasteiger partial charge in [0.05, 0.1) is 6.54 Å². The maximum atomic E-state index is 12.7. The molecule has 0 radical (unpaired) electrons. The van der Waals surface area contributed by atoms with Gasteiger partial charge in [-0.2, -0.15) is 13.2 Å². The Labute approximate surface area is 118 Å². The number of nitrogens with zero attached hydrogens (tertiary/aromatic N) is 2. The molecule has 1 N–H and O–H groups in total. The molecule has 0 atom stereocenters. The number of thiazole rings is 1. The van der Waals surface area contributed by atoms with Gasteiger partial charge in [-0.25, -0.2) is 9.78 Å². The van der Waals surface area contributed by atoms with Crippen LogP contribution in [-0.4, -0.2) is 34.0 Å². The topological polar surface area (TPSA) is 53.4 Å². The molecule has 4 nitrogen and oxygen atoms in total. The number of piperidine rings is 1. The molecule has 0 unspecified atom stereocenters. The Morgan fingerprint density at radius 3 is 2.50 bits per heavy atom. The van der Waals surface area contributed by atoms with E-state index < -0.39 is 22.7 Å². The molecule has 1 fully saturated rings. The quantitative estimate of drug-likeness (QED) is 0.932. The van der Waals surface area contributed by atoms with Crippen molar-refractivity contribution in [2.45, 2.75) is 32.5 Å². The van der Waals surface area contributed by atoms with Gasteiger partial charge >= 0.3 is 12.1 Å². The number of likely N-dealkylation sites (tertiary alicyclic amines) is 1. The van der Waals surface area contributed by atoms with Gasteiger partial charge in [-0.1, -0.05) is 6.92 Å². The lowest BCUT2D eigenvalue weighted by molar-refractivity contribution is -0.141. The number of aromatic nitrogens is 1. The molecule has 0 bridgehead atoms. The average Bonchev–Trinajstić information content (AvgIpc) is 2.76. The summed E-state index contributed by atoms with van der Waals surface area (Å²) in [4.78, 5) is 15.7. The molecule has 0 saturated carbocycles. The summed E-state index contributed by atoms with van der Waals surface area (Å²) in [5, 5.41) is 9.05. The van der Waals surface area contributed by atoms with Crippen molar-refractivity contribution in [2.24, 2.45) is 5.92 Å². The van der Waals surface area contributed by atoms with Gasteiger partial charge in [-0.15, -0.1) is 11.3 Å². The fourth-order valence-corrected chi connectivity index (χ4v) is 3.15. The van der Waals surface area contributed by atoms with Gasteiger partial charge in [0, 0.05) is 0 Å². The van der Waals surface area contributed by atoms with Crippen LogP contribution in [0.15, 0.2) is 0 Å². The van der Waals surface area contributed by atoms with Crippen LogP contribution in [0.2, 0.25) is 0 Å². The highest BCUT2D eigenvalue weighted by Crippen LogP contribution is 2.35. The lowest BCUT2D eigenvalue weighted by Gasteiger charge is -2.29. The molecule has 1 aromatic heterocycles. The van der Waals surface area contributed by atoms with E-state index in [4.69, 9.17) is 5.11 Å². The number of carboxylic acid groups (broad SMARTS) is 1. The van der Waals surface area contributed by atoms with E-state index in [0.29, 0.717) is 17.3 Å². The largest absolute Gasteiger partial charge is 0.477 e. The van der Waals surface area contributed by atoms with Crippen molar-refractivity contribution >= 4 is 17.3 Å².